The molecule has 1 aliphatic heterocycles. The van der Waals surface area contributed by atoms with E-state index in [1.54, 1.807) is 11.4 Å². The number of ether oxygens (including phenoxy) is 1. The van der Waals surface area contributed by atoms with Gasteiger partial charge in [-0.1, -0.05) is 0 Å². The number of nitrogens with one attached hydrogen (secondary N) is 1. The van der Waals surface area contributed by atoms with Gasteiger partial charge in [0.15, 0.2) is 0 Å². The number of rotatable bonds is 8. The van der Waals surface area contributed by atoms with Gasteiger partial charge < -0.3 is 10.1 Å². The second-order valence-corrected chi connectivity index (χ2v) is 7.78. The Morgan fingerprint density at radius 3 is 2.47 bits per heavy atom. The first-order chi connectivity index (χ1) is 9.12. The van der Waals surface area contributed by atoms with Crippen molar-refractivity contribution in [1.82, 2.24) is 9.62 Å². The van der Waals surface area contributed by atoms with Crippen LogP contribution in [0.15, 0.2) is 0 Å². The second-order valence-electron chi connectivity index (χ2n) is 5.69. The molecular weight excluding hydrogens is 264 g/mol. The van der Waals surface area contributed by atoms with Crippen molar-refractivity contribution >= 4 is 10.0 Å². The summed E-state index contributed by atoms with van der Waals surface area (Å²) in [5.74, 6) is 1.09. The number of nitrogens with zero attached hydrogens (tertiary/aromatic N) is 1. The van der Waals surface area contributed by atoms with Gasteiger partial charge in [0.2, 0.25) is 10.0 Å². The molecule has 2 aliphatic rings. The molecule has 0 atom stereocenters. The van der Waals surface area contributed by atoms with E-state index in [2.05, 4.69) is 5.32 Å². The summed E-state index contributed by atoms with van der Waals surface area (Å²) in [7, 11) is -1.47. The fraction of sp³-hybridized carbons (Fsp3) is 1.00. The van der Waals surface area contributed by atoms with Crippen LogP contribution < -0.4 is 5.32 Å². The van der Waals surface area contributed by atoms with E-state index in [4.69, 9.17) is 4.74 Å². The largest absolute Gasteiger partial charge is 0.385 e. The topological polar surface area (TPSA) is 58.6 Å². The Morgan fingerprint density at radius 2 is 1.89 bits per heavy atom. The molecule has 0 radical (unpaired) electrons. The summed E-state index contributed by atoms with van der Waals surface area (Å²) in [5, 5.41) is 3.57. The average Bonchev–Trinajstić information content (AvgIpc) is 3.21. The highest BCUT2D eigenvalue weighted by Crippen LogP contribution is 2.28. The molecule has 2 fully saturated rings. The minimum atomic E-state index is -3.07. The Labute approximate surface area is 116 Å². The van der Waals surface area contributed by atoms with Crippen LogP contribution in [-0.4, -0.2) is 57.9 Å². The van der Waals surface area contributed by atoms with Gasteiger partial charge in [0.1, 0.15) is 0 Å². The van der Waals surface area contributed by atoms with Crippen LogP contribution in [0.2, 0.25) is 0 Å². The van der Waals surface area contributed by atoms with E-state index in [9.17, 15) is 8.42 Å². The lowest BCUT2D eigenvalue weighted by Gasteiger charge is -2.31. The Morgan fingerprint density at radius 1 is 1.21 bits per heavy atom. The summed E-state index contributed by atoms with van der Waals surface area (Å²) in [6, 6.07) is 0.506. The van der Waals surface area contributed by atoms with Crippen LogP contribution in [0.5, 0.6) is 0 Å². The lowest BCUT2D eigenvalue weighted by molar-refractivity contribution is 0.199. The first-order valence-corrected chi connectivity index (χ1v) is 8.93. The molecule has 0 aromatic rings. The van der Waals surface area contributed by atoms with Gasteiger partial charge in [-0.05, 0) is 44.6 Å². The fourth-order valence-corrected chi connectivity index (χ4v) is 4.02. The first-order valence-electron chi connectivity index (χ1n) is 7.32. The van der Waals surface area contributed by atoms with Crippen LogP contribution in [0.25, 0.3) is 0 Å². The van der Waals surface area contributed by atoms with Gasteiger partial charge in [-0.15, -0.1) is 0 Å². The van der Waals surface area contributed by atoms with E-state index in [0.717, 1.165) is 25.3 Å². The lowest BCUT2D eigenvalue weighted by Crippen LogP contribution is -2.46. The normalized spacial score (nSPS) is 22.8. The number of hydrogen-bond acceptors (Lipinski definition) is 4. The van der Waals surface area contributed by atoms with Gasteiger partial charge in [-0.3, -0.25) is 0 Å². The molecule has 112 valence electrons. The molecule has 1 saturated carbocycles. The monoisotopic (exact) mass is 290 g/mol. The van der Waals surface area contributed by atoms with Crippen molar-refractivity contribution in [3.63, 3.8) is 0 Å². The van der Waals surface area contributed by atoms with Crippen molar-refractivity contribution in [3.05, 3.63) is 0 Å². The third-order valence-corrected chi connectivity index (χ3v) is 5.95. The van der Waals surface area contributed by atoms with E-state index in [-0.39, 0.29) is 5.75 Å². The fourth-order valence-electron chi connectivity index (χ4n) is 2.51. The number of hydrogen-bond donors (Lipinski definition) is 1. The summed E-state index contributed by atoms with van der Waals surface area (Å²) in [4.78, 5) is 0. The Bertz CT molecular complexity index is 360. The van der Waals surface area contributed by atoms with Crippen LogP contribution in [0.4, 0.5) is 0 Å². The highest BCUT2D eigenvalue weighted by Gasteiger charge is 2.28. The van der Waals surface area contributed by atoms with E-state index < -0.39 is 10.0 Å². The van der Waals surface area contributed by atoms with Crippen molar-refractivity contribution in [1.29, 1.82) is 0 Å². The quantitative estimate of drug-likeness (QED) is 0.672. The molecule has 0 bridgehead atoms. The maximum Gasteiger partial charge on any atom is 0.214 e. The molecule has 2 rings (SSSR count). The molecule has 0 amide bonds. The highest BCUT2D eigenvalue weighted by molar-refractivity contribution is 7.89. The summed E-state index contributed by atoms with van der Waals surface area (Å²) in [6.45, 7) is 2.96. The summed E-state index contributed by atoms with van der Waals surface area (Å²) in [5.41, 5.74) is 0. The van der Waals surface area contributed by atoms with Crippen LogP contribution in [0.1, 0.15) is 32.1 Å². The summed E-state index contributed by atoms with van der Waals surface area (Å²) >= 11 is 0. The molecule has 1 N–H and O–H groups in total. The average molecular weight is 290 g/mol. The molecule has 0 spiro atoms. The van der Waals surface area contributed by atoms with Crippen LogP contribution in [0, 0.1) is 5.92 Å². The molecule has 1 aliphatic carbocycles. The lowest BCUT2D eigenvalue weighted by atomic mass is 10.1. The zero-order chi connectivity index (χ0) is 13.7. The Balaban J connectivity index is 1.68. The van der Waals surface area contributed by atoms with E-state index >= 15 is 0 Å². The summed E-state index contributed by atoms with van der Waals surface area (Å²) in [6.07, 6.45) is 5.19. The molecule has 0 unspecified atom stereocenters. The molecule has 6 heteroatoms. The molecule has 1 heterocycles. The third-order valence-electron chi connectivity index (χ3n) is 3.99. The second kappa shape index (κ2) is 7.02. The molecule has 0 aromatic heterocycles. The molecule has 5 nitrogen and oxygen atoms in total. The molecule has 19 heavy (non-hydrogen) atoms. The van der Waals surface area contributed by atoms with Gasteiger partial charge in [0, 0.05) is 32.8 Å². The van der Waals surface area contributed by atoms with Crippen molar-refractivity contribution in [2.75, 3.05) is 39.1 Å². The molecular formula is C13H26N2O3S. The van der Waals surface area contributed by atoms with Crippen molar-refractivity contribution < 1.29 is 13.2 Å². The smallest absolute Gasteiger partial charge is 0.214 e. The van der Waals surface area contributed by atoms with Crippen molar-refractivity contribution in [3.8, 4) is 0 Å². The SMILES string of the molecule is COCCCS(=O)(=O)N1CCC(NCC2CC2)CC1. The predicted molar refractivity (Wildman–Crippen MR) is 75.6 cm³/mol. The third kappa shape index (κ3) is 5.02. The number of sulfonamides is 1. The van der Waals surface area contributed by atoms with E-state index in [1.807, 2.05) is 0 Å². The molecule has 0 aromatic carbocycles. The van der Waals surface area contributed by atoms with Gasteiger partial charge in [0.05, 0.1) is 5.75 Å². The minimum Gasteiger partial charge on any atom is -0.385 e. The van der Waals surface area contributed by atoms with Crippen LogP contribution >= 0.6 is 0 Å². The standard InChI is InChI=1S/C13H26N2O3S/c1-18-9-2-10-19(16,17)15-7-5-13(6-8-15)14-11-12-3-4-12/h12-14H,2-11H2,1H3. The molecule has 1 saturated heterocycles. The van der Waals surface area contributed by atoms with Crippen molar-refractivity contribution in [2.24, 2.45) is 5.92 Å². The van der Waals surface area contributed by atoms with Gasteiger partial charge in [-0.2, -0.15) is 0 Å². The summed E-state index contributed by atoms with van der Waals surface area (Å²) < 4.78 is 30.7. The van der Waals surface area contributed by atoms with Gasteiger partial charge in [0.25, 0.3) is 0 Å². The predicted octanol–water partition coefficient (Wildman–Crippen LogP) is 0.817. The van der Waals surface area contributed by atoms with E-state index in [1.165, 1.54) is 12.8 Å². The zero-order valence-electron chi connectivity index (χ0n) is 11.8. The van der Waals surface area contributed by atoms with Crippen molar-refractivity contribution in [2.45, 2.75) is 38.1 Å². The van der Waals surface area contributed by atoms with E-state index in [0.29, 0.717) is 32.2 Å². The maximum atomic E-state index is 12.1. The Hall–Kier alpha value is -0.170. The number of piperidine rings is 1. The van der Waals surface area contributed by atoms with Gasteiger partial charge >= 0.3 is 0 Å². The zero-order valence-corrected chi connectivity index (χ0v) is 12.6. The first kappa shape index (κ1) is 15.2. The number of methoxy groups -OCH3 is 1. The van der Waals surface area contributed by atoms with Crippen LogP contribution in [0.3, 0.4) is 0 Å². The minimum absolute atomic E-state index is 0.209. The maximum absolute atomic E-state index is 12.1. The van der Waals surface area contributed by atoms with Crippen LogP contribution in [-0.2, 0) is 14.8 Å². The Kier molecular flexibility index (Phi) is 5.62. The highest BCUT2D eigenvalue weighted by atomic mass is 32.2. The van der Waals surface area contributed by atoms with Gasteiger partial charge in [-0.25, -0.2) is 12.7 Å².